The molecule has 0 bridgehead atoms. The molecular weight excluding hydrogens is 745 g/mol. The quantitative estimate of drug-likeness (QED) is 0.0345. The fourth-order valence-corrected chi connectivity index (χ4v) is 8.17. The minimum Gasteiger partial charge on any atom is -0.462 e. The van der Waals surface area contributed by atoms with Crippen molar-refractivity contribution in [3.8, 4) is 0 Å². The lowest BCUT2D eigenvalue weighted by Crippen LogP contribution is -2.30. The van der Waals surface area contributed by atoms with Crippen LogP contribution in [0, 0.1) is 11.8 Å². The van der Waals surface area contributed by atoms with Gasteiger partial charge in [0.05, 0.1) is 0 Å². The Morgan fingerprint density at radius 1 is 0.317 bits per heavy atom. The lowest BCUT2D eigenvalue weighted by atomic mass is 10.0. The van der Waals surface area contributed by atoms with Crippen molar-refractivity contribution in [2.75, 3.05) is 13.2 Å². The Morgan fingerprint density at radius 2 is 0.550 bits per heavy atom. The molecule has 6 nitrogen and oxygen atoms in total. The second-order valence-corrected chi connectivity index (χ2v) is 19.5. The highest BCUT2D eigenvalue weighted by molar-refractivity contribution is 5.71. The van der Waals surface area contributed by atoms with Gasteiger partial charge in [0.2, 0.25) is 0 Å². The van der Waals surface area contributed by atoms with Gasteiger partial charge in [-0.3, -0.25) is 14.4 Å². The normalized spacial score (nSPS) is 12.1. The summed E-state index contributed by atoms with van der Waals surface area (Å²) in [6.45, 7) is 11.3. The lowest BCUT2D eigenvalue weighted by molar-refractivity contribution is -0.167. The molecular formula is C54H104O6. The lowest BCUT2D eigenvalue weighted by Gasteiger charge is -2.18. The highest BCUT2D eigenvalue weighted by Gasteiger charge is 2.19. The Hall–Kier alpha value is -1.59. The first kappa shape index (κ1) is 58.4. The molecule has 0 amide bonds. The van der Waals surface area contributed by atoms with E-state index in [2.05, 4.69) is 34.6 Å². The average Bonchev–Trinajstić information content (AvgIpc) is 3.22. The van der Waals surface area contributed by atoms with E-state index in [-0.39, 0.29) is 31.1 Å². The number of carbonyl (C=O) groups excluding carboxylic acids is 3. The molecule has 0 radical (unpaired) electrons. The number of carbonyl (C=O) groups is 3. The summed E-state index contributed by atoms with van der Waals surface area (Å²) in [7, 11) is 0. The Balaban J connectivity index is 4.25. The van der Waals surface area contributed by atoms with Crippen LogP contribution in [0.5, 0.6) is 0 Å². The van der Waals surface area contributed by atoms with Crippen LogP contribution in [0.3, 0.4) is 0 Å². The molecule has 0 heterocycles. The Kier molecular flexibility index (Phi) is 45.7. The van der Waals surface area contributed by atoms with Gasteiger partial charge >= 0.3 is 17.9 Å². The summed E-state index contributed by atoms with van der Waals surface area (Å²) in [4.78, 5) is 37.9. The topological polar surface area (TPSA) is 78.9 Å². The molecule has 0 aliphatic heterocycles. The van der Waals surface area contributed by atoms with E-state index in [9.17, 15) is 14.4 Å². The van der Waals surface area contributed by atoms with Gasteiger partial charge in [0, 0.05) is 19.3 Å². The van der Waals surface area contributed by atoms with E-state index >= 15 is 0 Å². The summed E-state index contributed by atoms with van der Waals surface area (Å²) in [5.74, 6) is 0.769. The molecule has 356 valence electrons. The van der Waals surface area contributed by atoms with Crippen molar-refractivity contribution in [1.82, 2.24) is 0 Å². The molecule has 60 heavy (non-hydrogen) atoms. The number of ether oxygens (including phenoxy) is 3. The minimum absolute atomic E-state index is 0.0641. The third-order valence-corrected chi connectivity index (χ3v) is 12.2. The summed E-state index contributed by atoms with van der Waals surface area (Å²) in [5, 5.41) is 0. The zero-order valence-corrected chi connectivity index (χ0v) is 41.1. The number of unbranched alkanes of at least 4 members (excludes halogenated alkanes) is 33. The number of hydrogen-bond acceptors (Lipinski definition) is 6. The van der Waals surface area contributed by atoms with Crippen LogP contribution in [0.4, 0.5) is 0 Å². The van der Waals surface area contributed by atoms with Crippen LogP contribution in [-0.4, -0.2) is 37.2 Å². The van der Waals surface area contributed by atoms with Gasteiger partial charge in [0.1, 0.15) is 13.2 Å². The Morgan fingerprint density at radius 3 is 0.817 bits per heavy atom. The first-order chi connectivity index (χ1) is 29.2. The summed E-state index contributed by atoms with van der Waals surface area (Å²) in [5.41, 5.74) is 0. The van der Waals surface area contributed by atoms with Crippen molar-refractivity contribution in [2.45, 2.75) is 304 Å². The van der Waals surface area contributed by atoms with E-state index in [1.165, 1.54) is 186 Å². The third-order valence-electron chi connectivity index (χ3n) is 12.2. The van der Waals surface area contributed by atoms with Gasteiger partial charge in [-0.25, -0.2) is 0 Å². The molecule has 0 aromatic rings. The van der Waals surface area contributed by atoms with Crippen molar-refractivity contribution in [2.24, 2.45) is 11.8 Å². The standard InChI is InChI=1S/C54H104O6/c1-6-7-8-9-10-11-12-13-14-15-18-21-24-29-34-39-44-52(55)58-47-51(60-54(57)46-41-36-31-26-28-33-38-43-50(4)5)48-59-53(56)45-40-35-30-25-22-19-16-17-20-23-27-32-37-42-49(2)3/h49-51H,6-48H2,1-5H3/t51-/m0/s1. The van der Waals surface area contributed by atoms with Crippen LogP contribution in [-0.2, 0) is 28.6 Å². The molecule has 0 aliphatic rings. The van der Waals surface area contributed by atoms with Crippen LogP contribution in [0.25, 0.3) is 0 Å². The van der Waals surface area contributed by atoms with Crippen molar-refractivity contribution >= 4 is 17.9 Å². The Bertz CT molecular complexity index is 916. The van der Waals surface area contributed by atoms with Crippen molar-refractivity contribution < 1.29 is 28.6 Å². The number of esters is 3. The summed E-state index contributed by atoms with van der Waals surface area (Å²) in [6.07, 6.45) is 48.1. The van der Waals surface area contributed by atoms with E-state index in [0.29, 0.717) is 19.3 Å². The summed E-state index contributed by atoms with van der Waals surface area (Å²) < 4.78 is 16.8. The zero-order chi connectivity index (χ0) is 44.0. The molecule has 0 aromatic carbocycles. The van der Waals surface area contributed by atoms with E-state index < -0.39 is 6.10 Å². The maximum atomic E-state index is 12.8. The molecule has 0 unspecified atom stereocenters. The third kappa shape index (κ3) is 47.5. The van der Waals surface area contributed by atoms with E-state index in [0.717, 1.165) is 69.6 Å². The summed E-state index contributed by atoms with van der Waals surface area (Å²) in [6, 6.07) is 0. The average molecular weight is 849 g/mol. The highest BCUT2D eigenvalue weighted by atomic mass is 16.6. The van der Waals surface area contributed by atoms with Gasteiger partial charge in [-0.05, 0) is 31.1 Å². The molecule has 0 aromatic heterocycles. The van der Waals surface area contributed by atoms with Crippen molar-refractivity contribution in [3.05, 3.63) is 0 Å². The molecule has 1 atom stereocenters. The van der Waals surface area contributed by atoms with E-state index in [1.54, 1.807) is 0 Å². The van der Waals surface area contributed by atoms with Gasteiger partial charge in [0.15, 0.2) is 6.10 Å². The van der Waals surface area contributed by atoms with Crippen molar-refractivity contribution in [3.63, 3.8) is 0 Å². The van der Waals surface area contributed by atoms with Crippen LogP contribution in [0.1, 0.15) is 298 Å². The molecule has 0 aliphatic carbocycles. The van der Waals surface area contributed by atoms with Crippen LogP contribution in [0.2, 0.25) is 0 Å². The molecule has 6 heteroatoms. The number of hydrogen-bond donors (Lipinski definition) is 0. The molecule has 0 N–H and O–H groups in total. The van der Waals surface area contributed by atoms with Crippen LogP contribution < -0.4 is 0 Å². The second kappa shape index (κ2) is 46.9. The highest BCUT2D eigenvalue weighted by Crippen LogP contribution is 2.17. The van der Waals surface area contributed by atoms with Gasteiger partial charge in [-0.1, -0.05) is 259 Å². The van der Waals surface area contributed by atoms with Crippen LogP contribution in [0.15, 0.2) is 0 Å². The molecule has 0 saturated carbocycles. The van der Waals surface area contributed by atoms with Gasteiger partial charge in [0.25, 0.3) is 0 Å². The molecule has 0 saturated heterocycles. The minimum atomic E-state index is -0.762. The second-order valence-electron chi connectivity index (χ2n) is 19.5. The van der Waals surface area contributed by atoms with E-state index in [4.69, 9.17) is 14.2 Å². The van der Waals surface area contributed by atoms with Crippen LogP contribution >= 0.6 is 0 Å². The molecule has 0 rings (SSSR count). The first-order valence-electron chi connectivity index (χ1n) is 26.7. The largest absolute Gasteiger partial charge is 0.462 e. The number of rotatable bonds is 48. The molecule has 0 fully saturated rings. The monoisotopic (exact) mass is 849 g/mol. The fraction of sp³-hybridized carbons (Fsp3) is 0.944. The SMILES string of the molecule is CCCCCCCCCCCCCCCCCCC(=O)OC[C@@H](COC(=O)CCCCCCCCCCCCCCCC(C)C)OC(=O)CCCCCCCCCC(C)C. The van der Waals surface area contributed by atoms with Gasteiger partial charge < -0.3 is 14.2 Å². The predicted octanol–water partition coefficient (Wildman–Crippen LogP) is 17.3. The molecule has 0 spiro atoms. The van der Waals surface area contributed by atoms with Gasteiger partial charge in [-0.2, -0.15) is 0 Å². The zero-order valence-electron chi connectivity index (χ0n) is 41.1. The predicted molar refractivity (Wildman–Crippen MR) is 256 cm³/mol. The smallest absolute Gasteiger partial charge is 0.306 e. The maximum Gasteiger partial charge on any atom is 0.306 e. The van der Waals surface area contributed by atoms with Crippen molar-refractivity contribution in [1.29, 1.82) is 0 Å². The first-order valence-corrected chi connectivity index (χ1v) is 26.7. The Labute approximate surface area is 374 Å². The van der Waals surface area contributed by atoms with Gasteiger partial charge in [-0.15, -0.1) is 0 Å². The van der Waals surface area contributed by atoms with E-state index in [1.807, 2.05) is 0 Å². The fourth-order valence-electron chi connectivity index (χ4n) is 8.17. The summed E-state index contributed by atoms with van der Waals surface area (Å²) >= 11 is 0. The maximum absolute atomic E-state index is 12.8.